The number of aryl methyl sites for hydroxylation is 1. The first-order valence-corrected chi connectivity index (χ1v) is 7.88. The fourth-order valence-corrected chi connectivity index (χ4v) is 3.39. The van der Waals surface area contributed by atoms with Crippen LogP contribution in [-0.4, -0.2) is 4.57 Å². The van der Waals surface area contributed by atoms with E-state index in [-0.39, 0.29) is 0 Å². The summed E-state index contributed by atoms with van der Waals surface area (Å²) < 4.78 is 2.12. The summed E-state index contributed by atoms with van der Waals surface area (Å²) in [6.45, 7) is 13.4. The first-order valence-electron chi connectivity index (χ1n) is 7.88. The molecule has 0 N–H and O–H groups in total. The van der Waals surface area contributed by atoms with Crippen molar-refractivity contribution in [1.29, 1.82) is 0 Å². The van der Waals surface area contributed by atoms with E-state index in [1.807, 2.05) is 6.92 Å². The van der Waals surface area contributed by atoms with Crippen molar-refractivity contribution in [1.82, 2.24) is 4.57 Å². The molecule has 0 radical (unpaired) electrons. The lowest BCUT2D eigenvalue weighted by molar-refractivity contribution is 1.04. The minimum atomic E-state index is 0.890. The molecule has 23 heavy (non-hydrogen) atoms. The van der Waals surface area contributed by atoms with Gasteiger partial charge in [0.2, 0.25) is 0 Å². The zero-order valence-electron chi connectivity index (χ0n) is 13.6. The lowest BCUT2D eigenvalue weighted by Gasteiger charge is -2.20. The van der Waals surface area contributed by atoms with Crippen molar-refractivity contribution in [3.05, 3.63) is 78.5 Å². The molecular formula is C21H20N2. The van der Waals surface area contributed by atoms with Crippen LogP contribution in [0.2, 0.25) is 0 Å². The van der Waals surface area contributed by atoms with E-state index in [1.165, 1.54) is 33.3 Å². The fourth-order valence-electron chi connectivity index (χ4n) is 3.39. The van der Waals surface area contributed by atoms with Gasteiger partial charge in [-0.3, -0.25) is 0 Å². The van der Waals surface area contributed by atoms with Gasteiger partial charge in [-0.25, -0.2) is 0 Å². The standard InChI is InChI=1S/C21H20N2/c1-14(2)22-10-9-17-12-19(7-8-21(17)22)23-13-18-6-5-15(3)11-20(18)16(23)4/h5-12H,1,4,13H2,2-3H3. The summed E-state index contributed by atoms with van der Waals surface area (Å²) in [4.78, 5) is 2.29. The van der Waals surface area contributed by atoms with Crippen molar-refractivity contribution in [3.63, 3.8) is 0 Å². The van der Waals surface area contributed by atoms with Gasteiger partial charge in [0.15, 0.2) is 0 Å². The second kappa shape index (κ2) is 4.88. The number of aromatic nitrogens is 1. The molecular weight excluding hydrogens is 280 g/mol. The molecule has 3 aromatic rings. The van der Waals surface area contributed by atoms with Crippen molar-refractivity contribution in [2.75, 3.05) is 4.90 Å². The first kappa shape index (κ1) is 13.9. The van der Waals surface area contributed by atoms with Crippen molar-refractivity contribution in [2.24, 2.45) is 0 Å². The Balaban J connectivity index is 1.76. The monoisotopic (exact) mass is 300 g/mol. The molecule has 0 fully saturated rings. The molecule has 2 nitrogen and oxygen atoms in total. The van der Waals surface area contributed by atoms with E-state index in [2.05, 4.69) is 78.2 Å². The summed E-state index contributed by atoms with van der Waals surface area (Å²) in [5.74, 6) is 0. The van der Waals surface area contributed by atoms with Gasteiger partial charge in [0.25, 0.3) is 0 Å². The quantitative estimate of drug-likeness (QED) is 0.612. The van der Waals surface area contributed by atoms with Crippen LogP contribution in [0.15, 0.2) is 61.8 Å². The molecule has 0 bridgehead atoms. The molecule has 2 aromatic carbocycles. The number of rotatable bonds is 2. The number of allylic oxidation sites excluding steroid dienone is 1. The minimum absolute atomic E-state index is 0.890. The number of hydrogen-bond donors (Lipinski definition) is 0. The number of anilines is 1. The Kier molecular flexibility index (Phi) is 2.95. The third kappa shape index (κ3) is 2.10. The molecule has 4 rings (SSSR count). The SMILES string of the molecule is C=C1c2cc(C)ccc2CN1c1ccc2c(ccn2C(=C)C)c1. The van der Waals surface area contributed by atoms with Crippen LogP contribution >= 0.6 is 0 Å². The van der Waals surface area contributed by atoms with Crippen molar-refractivity contribution >= 4 is 28.0 Å². The maximum Gasteiger partial charge on any atom is 0.0526 e. The van der Waals surface area contributed by atoms with E-state index >= 15 is 0 Å². The second-order valence-electron chi connectivity index (χ2n) is 6.36. The zero-order valence-corrected chi connectivity index (χ0v) is 13.6. The summed E-state index contributed by atoms with van der Waals surface area (Å²) in [7, 11) is 0. The van der Waals surface area contributed by atoms with E-state index < -0.39 is 0 Å². The van der Waals surface area contributed by atoms with E-state index in [9.17, 15) is 0 Å². The Hall–Kier alpha value is -2.74. The molecule has 0 saturated carbocycles. The highest BCUT2D eigenvalue weighted by molar-refractivity contribution is 5.91. The van der Waals surface area contributed by atoms with Gasteiger partial charge < -0.3 is 9.47 Å². The normalized spacial score (nSPS) is 13.7. The molecule has 114 valence electrons. The predicted molar refractivity (Wildman–Crippen MR) is 99.3 cm³/mol. The molecule has 0 atom stereocenters. The molecule has 1 aliphatic rings. The predicted octanol–water partition coefficient (Wildman–Crippen LogP) is 5.43. The van der Waals surface area contributed by atoms with E-state index in [4.69, 9.17) is 0 Å². The molecule has 2 heteroatoms. The van der Waals surface area contributed by atoms with Crippen LogP contribution in [0.1, 0.15) is 23.6 Å². The lowest BCUT2D eigenvalue weighted by Crippen LogP contribution is -2.12. The van der Waals surface area contributed by atoms with Crippen LogP contribution in [0.5, 0.6) is 0 Å². The molecule has 0 unspecified atom stereocenters. The lowest BCUT2D eigenvalue weighted by atomic mass is 10.1. The van der Waals surface area contributed by atoms with Gasteiger partial charge in [-0.15, -0.1) is 0 Å². The van der Waals surface area contributed by atoms with Crippen LogP contribution < -0.4 is 4.90 Å². The maximum absolute atomic E-state index is 4.31. The molecule has 1 aliphatic heterocycles. The summed E-state index contributed by atoms with van der Waals surface area (Å²) in [6, 6.07) is 15.3. The summed E-state index contributed by atoms with van der Waals surface area (Å²) in [5, 5.41) is 1.23. The number of nitrogens with zero attached hydrogens (tertiary/aromatic N) is 2. The Labute approximate surface area is 137 Å². The first-order chi connectivity index (χ1) is 11.0. The Morgan fingerprint density at radius 1 is 1.09 bits per heavy atom. The molecule has 0 spiro atoms. The van der Waals surface area contributed by atoms with Gasteiger partial charge in [-0.2, -0.15) is 0 Å². The van der Waals surface area contributed by atoms with Gasteiger partial charge in [0.1, 0.15) is 0 Å². The minimum Gasteiger partial charge on any atom is -0.337 e. The van der Waals surface area contributed by atoms with Crippen molar-refractivity contribution in [3.8, 4) is 0 Å². The second-order valence-corrected chi connectivity index (χ2v) is 6.36. The third-order valence-corrected chi connectivity index (χ3v) is 4.63. The Morgan fingerprint density at radius 3 is 2.70 bits per heavy atom. The Morgan fingerprint density at radius 2 is 1.91 bits per heavy atom. The largest absolute Gasteiger partial charge is 0.337 e. The average molecular weight is 300 g/mol. The van der Waals surface area contributed by atoms with Crippen molar-refractivity contribution < 1.29 is 0 Å². The van der Waals surface area contributed by atoms with Gasteiger partial charge in [-0.1, -0.05) is 30.9 Å². The van der Waals surface area contributed by atoms with E-state index in [0.29, 0.717) is 0 Å². The van der Waals surface area contributed by atoms with Crippen molar-refractivity contribution in [2.45, 2.75) is 20.4 Å². The molecule has 1 aromatic heterocycles. The van der Waals surface area contributed by atoms with Gasteiger partial charge in [0.05, 0.1) is 5.52 Å². The summed E-state index contributed by atoms with van der Waals surface area (Å²) >= 11 is 0. The smallest absolute Gasteiger partial charge is 0.0526 e. The van der Waals surface area contributed by atoms with Crippen LogP contribution in [0.3, 0.4) is 0 Å². The molecule has 0 aliphatic carbocycles. The van der Waals surface area contributed by atoms with Gasteiger partial charge in [0, 0.05) is 40.8 Å². The third-order valence-electron chi connectivity index (χ3n) is 4.63. The van der Waals surface area contributed by atoms with Crippen LogP contribution in [-0.2, 0) is 6.54 Å². The maximum atomic E-state index is 4.31. The molecule has 0 amide bonds. The topological polar surface area (TPSA) is 8.17 Å². The van der Waals surface area contributed by atoms with Crippen LogP contribution in [0.25, 0.3) is 22.3 Å². The summed E-state index contributed by atoms with van der Waals surface area (Å²) in [6.07, 6.45) is 2.08. The van der Waals surface area contributed by atoms with Crippen LogP contribution in [0, 0.1) is 6.92 Å². The average Bonchev–Trinajstić information content (AvgIpc) is 3.08. The van der Waals surface area contributed by atoms with Gasteiger partial charge >= 0.3 is 0 Å². The zero-order chi connectivity index (χ0) is 16.1. The van der Waals surface area contributed by atoms with E-state index in [0.717, 1.165) is 17.9 Å². The molecule has 2 heterocycles. The Bertz CT molecular complexity index is 959. The highest BCUT2D eigenvalue weighted by atomic mass is 15.2. The van der Waals surface area contributed by atoms with Crippen LogP contribution in [0.4, 0.5) is 5.69 Å². The highest BCUT2D eigenvalue weighted by Crippen LogP contribution is 2.37. The van der Waals surface area contributed by atoms with E-state index in [1.54, 1.807) is 0 Å². The number of benzene rings is 2. The van der Waals surface area contributed by atoms with Gasteiger partial charge in [-0.05, 0) is 49.7 Å². The highest BCUT2D eigenvalue weighted by Gasteiger charge is 2.23. The number of hydrogen-bond acceptors (Lipinski definition) is 1. The fraction of sp³-hybridized carbons (Fsp3) is 0.143. The summed E-state index contributed by atoms with van der Waals surface area (Å²) in [5.41, 5.74) is 8.39. The number of fused-ring (bicyclic) bond motifs is 2. The molecule has 0 saturated heterocycles.